The number of fused-ring (bicyclic) bond motifs is 1. The van der Waals surface area contributed by atoms with E-state index in [4.69, 9.17) is 4.74 Å². The second-order valence-electron chi connectivity index (χ2n) is 9.39. The summed E-state index contributed by atoms with van der Waals surface area (Å²) in [6, 6.07) is 6.75. The number of piperidine rings is 1. The molecule has 9 heteroatoms. The van der Waals surface area contributed by atoms with Crippen molar-refractivity contribution in [3.63, 3.8) is 0 Å². The lowest BCUT2D eigenvalue weighted by Gasteiger charge is -2.37. The zero-order chi connectivity index (χ0) is 23.0. The molecule has 1 aliphatic carbocycles. The molecule has 1 unspecified atom stereocenters. The molecule has 3 heterocycles. The summed E-state index contributed by atoms with van der Waals surface area (Å²) in [5.74, 6) is -0.0693. The van der Waals surface area contributed by atoms with Crippen molar-refractivity contribution in [1.29, 1.82) is 0 Å². The van der Waals surface area contributed by atoms with Crippen molar-refractivity contribution >= 4 is 29.4 Å². The van der Waals surface area contributed by atoms with Crippen molar-refractivity contribution in [3.05, 3.63) is 24.3 Å². The first-order valence-corrected chi connectivity index (χ1v) is 12.0. The third-order valence-electron chi connectivity index (χ3n) is 7.27. The second-order valence-corrected chi connectivity index (χ2v) is 9.39. The van der Waals surface area contributed by atoms with Crippen LogP contribution >= 0.6 is 0 Å². The summed E-state index contributed by atoms with van der Waals surface area (Å²) in [6.45, 7) is 1.56. The lowest BCUT2D eigenvalue weighted by atomic mass is 9.98. The van der Waals surface area contributed by atoms with E-state index in [9.17, 15) is 19.2 Å². The van der Waals surface area contributed by atoms with Crippen LogP contribution in [-0.4, -0.2) is 71.4 Å². The Balaban J connectivity index is 1.29. The maximum atomic E-state index is 13.3. The van der Waals surface area contributed by atoms with E-state index in [0.29, 0.717) is 37.4 Å². The van der Waals surface area contributed by atoms with Gasteiger partial charge in [0.2, 0.25) is 5.91 Å². The largest absolute Gasteiger partial charge is 0.476 e. The van der Waals surface area contributed by atoms with Gasteiger partial charge in [0.05, 0.1) is 12.2 Å². The number of nitrogens with zero attached hydrogens (tertiary/aromatic N) is 3. The van der Waals surface area contributed by atoms with Crippen LogP contribution in [0.4, 0.5) is 10.5 Å². The molecule has 9 nitrogen and oxygen atoms in total. The van der Waals surface area contributed by atoms with Crippen molar-refractivity contribution < 1.29 is 23.9 Å². The molecule has 0 bridgehead atoms. The number of likely N-dealkylation sites (tertiary alicyclic amines) is 1. The number of hydrogen-bond acceptors (Lipinski definition) is 5. The molecule has 0 radical (unpaired) electrons. The first-order valence-electron chi connectivity index (χ1n) is 12.0. The number of benzene rings is 1. The zero-order valence-corrected chi connectivity index (χ0v) is 18.8. The third kappa shape index (κ3) is 3.94. The van der Waals surface area contributed by atoms with Crippen molar-refractivity contribution in [2.24, 2.45) is 0 Å². The van der Waals surface area contributed by atoms with Crippen molar-refractivity contribution in [3.8, 4) is 5.75 Å². The second kappa shape index (κ2) is 8.68. The molecule has 1 spiro atoms. The number of rotatable bonds is 4. The van der Waals surface area contributed by atoms with Gasteiger partial charge in [-0.05, 0) is 44.2 Å². The standard InChI is InChI=1S/C24H30N4O5/c29-20(10-15-27-22(31)24(25-23(27)32)11-4-5-12-24)28-16-19(21(30)26-13-6-1-7-14-26)33-18-9-3-2-8-17(18)28/h2-3,8-9,19H,1,4-7,10-16H2,(H,25,32). The Morgan fingerprint density at radius 1 is 1.03 bits per heavy atom. The number of anilines is 1. The molecular formula is C24H30N4O5. The quantitative estimate of drug-likeness (QED) is 0.702. The molecule has 5 rings (SSSR count). The van der Waals surface area contributed by atoms with Crippen LogP contribution in [-0.2, 0) is 14.4 Å². The Morgan fingerprint density at radius 3 is 2.52 bits per heavy atom. The molecular weight excluding hydrogens is 424 g/mol. The van der Waals surface area contributed by atoms with E-state index >= 15 is 0 Å². The van der Waals surface area contributed by atoms with Gasteiger partial charge in [0.1, 0.15) is 11.3 Å². The summed E-state index contributed by atoms with van der Waals surface area (Å²) in [4.78, 5) is 56.2. The fourth-order valence-corrected chi connectivity index (χ4v) is 5.46. The van der Waals surface area contributed by atoms with Gasteiger partial charge in [0.25, 0.3) is 11.8 Å². The van der Waals surface area contributed by atoms with Crippen LogP contribution in [0, 0.1) is 0 Å². The maximum absolute atomic E-state index is 13.3. The zero-order valence-electron chi connectivity index (χ0n) is 18.8. The molecule has 33 heavy (non-hydrogen) atoms. The SMILES string of the molecule is O=C(C1CN(C(=O)CCN2C(=O)NC3(CCCC3)C2=O)c2ccccc2O1)N1CCCCC1. The first-order chi connectivity index (χ1) is 16.0. The Labute approximate surface area is 193 Å². The van der Waals surface area contributed by atoms with Crippen LogP contribution in [0.1, 0.15) is 51.4 Å². The predicted molar refractivity (Wildman–Crippen MR) is 120 cm³/mol. The van der Waals surface area contributed by atoms with E-state index in [2.05, 4.69) is 5.32 Å². The highest BCUT2D eigenvalue weighted by atomic mass is 16.5. The number of hydrogen-bond donors (Lipinski definition) is 1. The summed E-state index contributed by atoms with van der Waals surface area (Å²) in [6.07, 6.45) is 5.43. The summed E-state index contributed by atoms with van der Waals surface area (Å²) >= 11 is 0. The first kappa shape index (κ1) is 21.7. The predicted octanol–water partition coefficient (Wildman–Crippen LogP) is 2.05. The molecule has 1 aromatic rings. The molecule has 4 aliphatic rings. The molecule has 0 aromatic heterocycles. The Morgan fingerprint density at radius 2 is 1.76 bits per heavy atom. The molecule has 3 aliphatic heterocycles. The number of carbonyl (C=O) groups excluding carboxylic acids is 4. The molecule has 3 fully saturated rings. The Bertz CT molecular complexity index is 967. The number of para-hydroxylation sites is 2. The highest BCUT2D eigenvalue weighted by Gasteiger charge is 2.52. The number of carbonyl (C=O) groups is 4. The molecule has 1 saturated carbocycles. The lowest BCUT2D eigenvalue weighted by Crippen LogP contribution is -2.53. The van der Waals surface area contributed by atoms with Crippen LogP contribution in [0.3, 0.4) is 0 Å². The molecule has 1 aromatic carbocycles. The molecule has 5 amide bonds. The normalized spacial score (nSPS) is 24.0. The fraction of sp³-hybridized carbons (Fsp3) is 0.583. The van der Waals surface area contributed by atoms with Gasteiger partial charge in [-0.1, -0.05) is 25.0 Å². The lowest BCUT2D eigenvalue weighted by molar-refractivity contribution is -0.139. The number of urea groups is 1. The van der Waals surface area contributed by atoms with E-state index in [-0.39, 0.29) is 37.2 Å². The van der Waals surface area contributed by atoms with E-state index in [1.807, 2.05) is 17.0 Å². The average Bonchev–Trinajstić information content (AvgIpc) is 3.41. The van der Waals surface area contributed by atoms with Crippen LogP contribution in [0.15, 0.2) is 24.3 Å². The summed E-state index contributed by atoms with van der Waals surface area (Å²) in [5.41, 5.74) is -0.174. The van der Waals surface area contributed by atoms with Gasteiger partial charge < -0.3 is 19.9 Å². The number of imide groups is 1. The van der Waals surface area contributed by atoms with Gasteiger partial charge in [-0.25, -0.2) is 4.79 Å². The maximum Gasteiger partial charge on any atom is 0.325 e. The summed E-state index contributed by atoms with van der Waals surface area (Å²) < 4.78 is 5.99. The van der Waals surface area contributed by atoms with Crippen molar-refractivity contribution in [2.45, 2.75) is 63.0 Å². The van der Waals surface area contributed by atoms with Gasteiger partial charge >= 0.3 is 6.03 Å². The number of nitrogens with one attached hydrogen (secondary N) is 1. The number of ether oxygens (including phenoxy) is 1. The van der Waals surface area contributed by atoms with Crippen molar-refractivity contribution in [2.75, 3.05) is 31.1 Å². The summed E-state index contributed by atoms with van der Waals surface area (Å²) in [5, 5.41) is 2.85. The third-order valence-corrected chi connectivity index (χ3v) is 7.27. The monoisotopic (exact) mass is 454 g/mol. The van der Waals surface area contributed by atoms with E-state index in [1.165, 1.54) is 4.90 Å². The minimum absolute atomic E-state index is 0.00575. The summed E-state index contributed by atoms with van der Waals surface area (Å²) in [7, 11) is 0. The minimum atomic E-state index is -0.780. The van der Waals surface area contributed by atoms with Gasteiger partial charge in [0, 0.05) is 26.1 Å². The highest BCUT2D eigenvalue weighted by Crippen LogP contribution is 2.36. The highest BCUT2D eigenvalue weighted by molar-refractivity contribution is 6.07. The van der Waals surface area contributed by atoms with Gasteiger partial charge in [-0.3, -0.25) is 19.3 Å². The Hall–Kier alpha value is -3.10. The van der Waals surface area contributed by atoms with E-state index in [1.54, 1.807) is 17.0 Å². The van der Waals surface area contributed by atoms with Crippen LogP contribution < -0.4 is 15.0 Å². The smallest absolute Gasteiger partial charge is 0.325 e. The molecule has 176 valence electrons. The van der Waals surface area contributed by atoms with Gasteiger partial charge in [-0.15, -0.1) is 0 Å². The van der Waals surface area contributed by atoms with E-state index < -0.39 is 17.7 Å². The van der Waals surface area contributed by atoms with Gasteiger partial charge in [-0.2, -0.15) is 0 Å². The van der Waals surface area contributed by atoms with Crippen LogP contribution in [0.25, 0.3) is 0 Å². The number of amides is 5. The molecule has 1 atom stereocenters. The Kier molecular flexibility index (Phi) is 5.72. The van der Waals surface area contributed by atoms with Crippen LogP contribution in [0.2, 0.25) is 0 Å². The van der Waals surface area contributed by atoms with Gasteiger partial charge in [0.15, 0.2) is 6.10 Å². The van der Waals surface area contributed by atoms with E-state index in [0.717, 1.165) is 32.1 Å². The van der Waals surface area contributed by atoms with Crippen LogP contribution in [0.5, 0.6) is 5.75 Å². The molecule has 1 N–H and O–H groups in total. The fourth-order valence-electron chi connectivity index (χ4n) is 5.46. The average molecular weight is 455 g/mol. The minimum Gasteiger partial charge on any atom is -0.476 e. The van der Waals surface area contributed by atoms with Crippen molar-refractivity contribution in [1.82, 2.24) is 15.1 Å². The topological polar surface area (TPSA) is 99.3 Å². The molecule has 2 saturated heterocycles.